The minimum Gasteiger partial charge on any atom is -0.478 e. The largest absolute Gasteiger partial charge is 0.478 e. The number of carbonyl (C=O) groups excluding carboxylic acids is 1. The fraction of sp³-hybridized carbons (Fsp3) is 0.667. The Hall–Kier alpha value is -1.52. The lowest BCUT2D eigenvalue weighted by Gasteiger charge is -2.28. The number of hydrogen-bond donors (Lipinski definition) is 6. The number of aliphatic carboxylic acids is 1. The van der Waals surface area contributed by atoms with Crippen LogP contribution in [0.4, 0.5) is 0 Å². The Bertz CT molecular complexity index is 385. The fourth-order valence-corrected chi connectivity index (χ4v) is 1.45. The topological polar surface area (TPSA) is 159 Å². The van der Waals surface area contributed by atoms with Crippen LogP contribution in [0.5, 0.6) is 0 Å². The highest BCUT2D eigenvalue weighted by Gasteiger charge is 2.31. The molecule has 0 radical (unpaired) electrons. The number of nitrogens with zero attached hydrogens (tertiary/aromatic N) is 1. The van der Waals surface area contributed by atoms with Crippen molar-refractivity contribution in [2.24, 2.45) is 0 Å². The molecule has 0 spiro atoms. The van der Waals surface area contributed by atoms with Crippen LogP contribution >= 0.6 is 0 Å². The molecule has 6 N–H and O–H groups in total. The van der Waals surface area contributed by atoms with Gasteiger partial charge in [0.2, 0.25) is 5.91 Å². The lowest BCUT2D eigenvalue weighted by molar-refractivity contribution is -0.139. The van der Waals surface area contributed by atoms with Gasteiger partial charge in [-0.25, -0.2) is 4.79 Å². The van der Waals surface area contributed by atoms with Gasteiger partial charge in [0, 0.05) is 19.2 Å². The van der Waals surface area contributed by atoms with Crippen LogP contribution in [0.2, 0.25) is 0 Å². The van der Waals surface area contributed by atoms with Crippen molar-refractivity contribution in [1.29, 1.82) is 0 Å². The van der Waals surface area contributed by atoms with E-state index in [1.807, 2.05) is 0 Å². The second kappa shape index (κ2) is 8.70. The number of rotatable bonds is 9. The molecular formula is C12H21NO8. The zero-order valence-electron chi connectivity index (χ0n) is 11.6. The van der Waals surface area contributed by atoms with E-state index < -0.39 is 55.9 Å². The maximum Gasteiger partial charge on any atom is 0.331 e. The molecule has 0 aliphatic carbocycles. The van der Waals surface area contributed by atoms with Crippen LogP contribution in [0.15, 0.2) is 12.2 Å². The molecule has 0 saturated carbocycles. The molecule has 0 fully saturated rings. The normalized spacial score (nSPS) is 16.7. The van der Waals surface area contributed by atoms with Crippen molar-refractivity contribution >= 4 is 11.9 Å². The number of carboxylic acids is 1. The Morgan fingerprint density at radius 2 is 1.57 bits per heavy atom. The Balaban J connectivity index is 4.49. The summed E-state index contributed by atoms with van der Waals surface area (Å²) in [6.07, 6.45) is -7.26. The number of aliphatic hydroxyl groups excluding tert-OH is 5. The molecule has 0 aliphatic rings. The molecule has 21 heavy (non-hydrogen) atoms. The molecule has 9 nitrogen and oxygen atoms in total. The highest BCUT2D eigenvalue weighted by atomic mass is 16.4. The summed E-state index contributed by atoms with van der Waals surface area (Å²) in [5.41, 5.74) is -0.322. The van der Waals surface area contributed by atoms with Crippen LogP contribution in [0, 0.1) is 0 Å². The first-order valence-electron chi connectivity index (χ1n) is 6.10. The van der Waals surface area contributed by atoms with E-state index in [9.17, 15) is 24.9 Å². The molecule has 0 rings (SSSR count). The molecule has 0 aromatic rings. The second-order valence-corrected chi connectivity index (χ2v) is 4.66. The van der Waals surface area contributed by atoms with Crippen LogP contribution in [-0.4, -0.2) is 92.0 Å². The van der Waals surface area contributed by atoms with Crippen LogP contribution in [0.25, 0.3) is 0 Å². The first kappa shape index (κ1) is 19.5. The standard InChI is InChI=1S/C12H21NO8/c1-6(12(20)21)3-9(17)13(2)4-7(15)10(18)11(19)8(16)5-14/h7-8,10-11,14-16,18-19H,1,3-5H2,2H3,(H,20,21). The third-order valence-corrected chi connectivity index (χ3v) is 2.88. The summed E-state index contributed by atoms with van der Waals surface area (Å²) in [4.78, 5) is 23.1. The molecule has 4 atom stereocenters. The van der Waals surface area contributed by atoms with Gasteiger partial charge >= 0.3 is 5.97 Å². The lowest BCUT2D eigenvalue weighted by atomic mass is 10.0. The third-order valence-electron chi connectivity index (χ3n) is 2.88. The molecule has 0 bridgehead atoms. The van der Waals surface area contributed by atoms with E-state index in [-0.39, 0.29) is 5.57 Å². The molecule has 122 valence electrons. The van der Waals surface area contributed by atoms with Crippen LogP contribution in [-0.2, 0) is 9.59 Å². The van der Waals surface area contributed by atoms with Gasteiger partial charge in [0.15, 0.2) is 0 Å². The highest BCUT2D eigenvalue weighted by Crippen LogP contribution is 2.08. The van der Waals surface area contributed by atoms with Crippen LogP contribution in [0.3, 0.4) is 0 Å². The fourth-order valence-electron chi connectivity index (χ4n) is 1.45. The van der Waals surface area contributed by atoms with Crippen molar-refractivity contribution in [3.8, 4) is 0 Å². The maximum atomic E-state index is 11.6. The van der Waals surface area contributed by atoms with Crippen LogP contribution < -0.4 is 0 Å². The molecule has 0 aliphatic heterocycles. The highest BCUT2D eigenvalue weighted by molar-refractivity contribution is 5.93. The number of amides is 1. The third kappa shape index (κ3) is 6.19. The summed E-state index contributed by atoms with van der Waals surface area (Å²) in [6.45, 7) is 1.99. The molecule has 0 saturated heterocycles. The summed E-state index contributed by atoms with van der Waals surface area (Å²) in [5.74, 6) is -1.97. The van der Waals surface area contributed by atoms with Crippen molar-refractivity contribution < 1.29 is 40.2 Å². The molecule has 0 aromatic heterocycles. The zero-order valence-corrected chi connectivity index (χ0v) is 11.6. The van der Waals surface area contributed by atoms with E-state index in [1.165, 1.54) is 7.05 Å². The summed E-state index contributed by atoms with van der Waals surface area (Å²) in [5, 5.41) is 55.0. The van der Waals surface area contributed by atoms with Gasteiger partial charge in [-0.05, 0) is 0 Å². The number of carboxylic acid groups (broad SMARTS) is 1. The first-order chi connectivity index (χ1) is 9.61. The van der Waals surface area contributed by atoms with Gasteiger partial charge in [0.25, 0.3) is 0 Å². The monoisotopic (exact) mass is 307 g/mol. The van der Waals surface area contributed by atoms with E-state index >= 15 is 0 Å². The number of aliphatic hydroxyl groups is 5. The van der Waals surface area contributed by atoms with Gasteiger partial charge in [-0.15, -0.1) is 0 Å². The Labute approximate surface area is 121 Å². The average molecular weight is 307 g/mol. The Morgan fingerprint density at radius 3 is 2.00 bits per heavy atom. The minimum atomic E-state index is -1.79. The van der Waals surface area contributed by atoms with Gasteiger partial charge in [-0.3, -0.25) is 4.79 Å². The minimum absolute atomic E-state index is 0.322. The van der Waals surface area contributed by atoms with E-state index in [1.54, 1.807) is 0 Å². The van der Waals surface area contributed by atoms with E-state index in [0.29, 0.717) is 0 Å². The zero-order chi connectivity index (χ0) is 16.7. The SMILES string of the molecule is C=C(CC(=O)N(C)CC(O)C(O)C(O)C(O)CO)C(=O)O. The van der Waals surface area contributed by atoms with Crippen molar-refractivity contribution in [2.75, 3.05) is 20.2 Å². The quantitative estimate of drug-likeness (QED) is 0.244. The van der Waals surface area contributed by atoms with Gasteiger partial charge in [-0.1, -0.05) is 6.58 Å². The summed E-state index contributed by atoms with van der Waals surface area (Å²) in [7, 11) is 1.27. The maximum absolute atomic E-state index is 11.6. The van der Waals surface area contributed by atoms with Crippen molar-refractivity contribution in [3.63, 3.8) is 0 Å². The molecule has 0 heterocycles. The second-order valence-electron chi connectivity index (χ2n) is 4.66. The number of likely N-dealkylation sites (N-methyl/N-ethyl adjacent to an activating group) is 1. The van der Waals surface area contributed by atoms with Crippen molar-refractivity contribution in [2.45, 2.75) is 30.8 Å². The predicted octanol–water partition coefficient (Wildman–Crippen LogP) is -3.09. The van der Waals surface area contributed by atoms with Gasteiger partial charge in [0.05, 0.1) is 13.0 Å². The number of hydrogen-bond acceptors (Lipinski definition) is 7. The van der Waals surface area contributed by atoms with Crippen molar-refractivity contribution in [3.05, 3.63) is 12.2 Å². The summed E-state index contributed by atoms with van der Waals surface area (Å²) >= 11 is 0. The summed E-state index contributed by atoms with van der Waals surface area (Å²) in [6, 6.07) is 0. The molecular weight excluding hydrogens is 286 g/mol. The van der Waals surface area contributed by atoms with Gasteiger partial charge in [0.1, 0.15) is 24.4 Å². The molecule has 9 heteroatoms. The van der Waals surface area contributed by atoms with Crippen LogP contribution in [0.1, 0.15) is 6.42 Å². The number of carbonyl (C=O) groups is 2. The lowest BCUT2D eigenvalue weighted by Crippen LogP contribution is -2.50. The molecule has 1 amide bonds. The first-order valence-corrected chi connectivity index (χ1v) is 6.10. The Kier molecular flexibility index (Phi) is 8.07. The van der Waals surface area contributed by atoms with Gasteiger partial charge in [-0.2, -0.15) is 0 Å². The molecule has 4 unspecified atom stereocenters. The Morgan fingerprint density at radius 1 is 1.10 bits per heavy atom. The predicted molar refractivity (Wildman–Crippen MR) is 70.1 cm³/mol. The summed E-state index contributed by atoms with van der Waals surface area (Å²) < 4.78 is 0. The van der Waals surface area contributed by atoms with E-state index in [0.717, 1.165) is 4.90 Å². The molecule has 0 aromatic carbocycles. The van der Waals surface area contributed by atoms with E-state index in [2.05, 4.69) is 6.58 Å². The average Bonchev–Trinajstić information content (AvgIpc) is 2.43. The van der Waals surface area contributed by atoms with Gasteiger partial charge < -0.3 is 35.5 Å². The van der Waals surface area contributed by atoms with E-state index in [4.69, 9.17) is 15.3 Å². The smallest absolute Gasteiger partial charge is 0.331 e. The van der Waals surface area contributed by atoms with Crippen molar-refractivity contribution in [1.82, 2.24) is 4.90 Å².